The molecule has 1 aliphatic carbocycles. The van der Waals surface area contributed by atoms with E-state index in [2.05, 4.69) is 22.0 Å². The molecule has 1 rings (SSSR count). The predicted octanol–water partition coefficient (Wildman–Crippen LogP) is 1.31. The average Bonchev–Trinajstić information content (AvgIpc) is 2.82. The molecule has 0 aromatic rings. The van der Waals surface area contributed by atoms with Crippen LogP contribution in [0.2, 0.25) is 0 Å². The highest BCUT2D eigenvalue weighted by Gasteiger charge is 2.14. The Morgan fingerprint density at radius 3 is 2.83 bits per heavy atom. The summed E-state index contributed by atoms with van der Waals surface area (Å²) in [7, 11) is 0. The number of urea groups is 1. The quantitative estimate of drug-likeness (QED) is 0.625. The number of nitrogens with one attached hydrogen (secondary N) is 3. The topological polar surface area (TPSA) is 70.2 Å². The van der Waals surface area contributed by atoms with Crippen LogP contribution in [-0.4, -0.2) is 31.1 Å². The molecular weight excluding hydrogens is 230 g/mol. The van der Waals surface area contributed by atoms with E-state index in [1.807, 2.05) is 0 Å². The zero-order valence-electron chi connectivity index (χ0n) is 11.2. The van der Waals surface area contributed by atoms with Gasteiger partial charge in [0.25, 0.3) is 0 Å². The van der Waals surface area contributed by atoms with Crippen LogP contribution in [0.4, 0.5) is 4.79 Å². The van der Waals surface area contributed by atoms with Crippen LogP contribution in [0.5, 0.6) is 0 Å². The van der Waals surface area contributed by atoms with Gasteiger partial charge in [-0.1, -0.05) is 11.6 Å². The Kier molecular flexibility index (Phi) is 6.43. The van der Waals surface area contributed by atoms with E-state index >= 15 is 0 Å². The highest BCUT2D eigenvalue weighted by molar-refractivity contribution is 5.96. The fraction of sp³-hybridized carbons (Fsp3) is 0.692. The smallest absolute Gasteiger partial charge is 0.321 e. The monoisotopic (exact) mass is 253 g/mol. The Balaban J connectivity index is 2.16. The van der Waals surface area contributed by atoms with Gasteiger partial charge in [-0.15, -0.1) is 0 Å². The van der Waals surface area contributed by atoms with Crippen LogP contribution in [0.25, 0.3) is 0 Å². The molecule has 0 aromatic heterocycles. The molecule has 0 bridgehead atoms. The van der Waals surface area contributed by atoms with Gasteiger partial charge in [0.2, 0.25) is 5.91 Å². The molecular formula is C13H23N3O2. The zero-order valence-corrected chi connectivity index (χ0v) is 11.2. The highest BCUT2D eigenvalue weighted by atomic mass is 16.2. The molecule has 1 aliphatic rings. The van der Waals surface area contributed by atoms with E-state index in [1.165, 1.54) is 24.8 Å². The van der Waals surface area contributed by atoms with Crippen molar-refractivity contribution in [3.63, 3.8) is 0 Å². The number of rotatable bonds is 6. The number of carbonyl (C=O) groups is 2. The molecule has 3 amide bonds. The second-order valence-corrected chi connectivity index (χ2v) is 4.53. The summed E-state index contributed by atoms with van der Waals surface area (Å²) in [5.74, 6) is -0.290. The second kappa shape index (κ2) is 7.87. The van der Waals surface area contributed by atoms with Crippen molar-refractivity contribution in [1.82, 2.24) is 16.0 Å². The molecule has 1 unspecified atom stereocenters. The fourth-order valence-electron chi connectivity index (χ4n) is 1.93. The first-order valence-electron chi connectivity index (χ1n) is 6.63. The molecule has 0 aromatic carbocycles. The summed E-state index contributed by atoms with van der Waals surface area (Å²) >= 11 is 0. The van der Waals surface area contributed by atoms with Crippen LogP contribution in [0.1, 0.15) is 39.5 Å². The second-order valence-electron chi connectivity index (χ2n) is 4.53. The highest BCUT2D eigenvalue weighted by Crippen LogP contribution is 2.19. The summed E-state index contributed by atoms with van der Waals surface area (Å²) in [4.78, 5) is 22.8. The van der Waals surface area contributed by atoms with Crippen molar-refractivity contribution in [3.8, 4) is 0 Å². The lowest BCUT2D eigenvalue weighted by Gasteiger charge is -2.13. The zero-order chi connectivity index (χ0) is 13.4. The fourth-order valence-corrected chi connectivity index (χ4v) is 1.93. The molecule has 0 fully saturated rings. The number of amides is 3. The van der Waals surface area contributed by atoms with Gasteiger partial charge in [-0.25, -0.2) is 4.79 Å². The normalized spacial score (nSPS) is 16.0. The van der Waals surface area contributed by atoms with Crippen LogP contribution in [0.3, 0.4) is 0 Å². The summed E-state index contributed by atoms with van der Waals surface area (Å²) in [5.41, 5.74) is 1.47. The molecule has 3 N–H and O–H groups in total. The summed E-state index contributed by atoms with van der Waals surface area (Å²) in [6, 6.07) is -0.788. The Hall–Kier alpha value is -1.36. The molecule has 1 atom stereocenters. The minimum atomic E-state index is -0.436. The Labute approximate surface area is 108 Å². The third-order valence-corrected chi connectivity index (χ3v) is 3.00. The lowest BCUT2D eigenvalue weighted by Crippen LogP contribution is -2.48. The van der Waals surface area contributed by atoms with Gasteiger partial charge < -0.3 is 10.6 Å². The minimum Gasteiger partial charge on any atom is -0.338 e. The lowest BCUT2D eigenvalue weighted by molar-refractivity contribution is -0.121. The van der Waals surface area contributed by atoms with Crippen molar-refractivity contribution in [3.05, 3.63) is 11.6 Å². The van der Waals surface area contributed by atoms with Gasteiger partial charge in [0.1, 0.15) is 0 Å². The van der Waals surface area contributed by atoms with Gasteiger partial charge in [0.15, 0.2) is 0 Å². The number of carbonyl (C=O) groups excluding carboxylic acids is 2. The van der Waals surface area contributed by atoms with E-state index < -0.39 is 6.03 Å². The van der Waals surface area contributed by atoms with Gasteiger partial charge in [0.05, 0.1) is 6.04 Å². The van der Waals surface area contributed by atoms with E-state index in [1.54, 1.807) is 13.8 Å². The Morgan fingerprint density at radius 1 is 1.44 bits per heavy atom. The van der Waals surface area contributed by atoms with E-state index in [4.69, 9.17) is 0 Å². The van der Waals surface area contributed by atoms with Gasteiger partial charge in [-0.05, 0) is 46.1 Å². The first kappa shape index (κ1) is 14.7. The largest absolute Gasteiger partial charge is 0.338 e. The van der Waals surface area contributed by atoms with E-state index in [9.17, 15) is 9.59 Å². The third kappa shape index (κ3) is 5.31. The molecule has 0 spiro atoms. The molecule has 0 aliphatic heterocycles. The number of hydrogen-bond donors (Lipinski definition) is 3. The van der Waals surface area contributed by atoms with Crippen LogP contribution >= 0.6 is 0 Å². The molecule has 0 saturated heterocycles. The first-order valence-corrected chi connectivity index (χ1v) is 6.63. The Morgan fingerprint density at radius 2 is 2.22 bits per heavy atom. The van der Waals surface area contributed by atoms with E-state index in [-0.39, 0.29) is 11.9 Å². The Bertz CT molecular complexity index is 326. The number of hydrogen-bond acceptors (Lipinski definition) is 3. The van der Waals surface area contributed by atoms with E-state index in [0.29, 0.717) is 6.54 Å². The van der Waals surface area contributed by atoms with Crippen molar-refractivity contribution >= 4 is 11.9 Å². The van der Waals surface area contributed by atoms with E-state index in [0.717, 1.165) is 13.0 Å². The molecule has 102 valence electrons. The van der Waals surface area contributed by atoms with Crippen molar-refractivity contribution in [2.75, 3.05) is 13.1 Å². The van der Waals surface area contributed by atoms with Crippen molar-refractivity contribution in [2.45, 2.75) is 45.6 Å². The maximum atomic E-state index is 11.6. The molecule has 0 saturated carbocycles. The van der Waals surface area contributed by atoms with Gasteiger partial charge >= 0.3 is 6.03 Å². The maximum absolute atomic E-state index is 11.6. The molecule has 18 heavy (non-hydrogen) atoms. The average molecular weight is 253 g/mol. The summed E-state index contributed by atoms with van der Waals surface area (Å²) in [6.07, 6.45) is 6.88. The first-order chi connectivity index (χ1) is 8.63. The van der Waals surface area contributed by atoms with Gasteiger partial charge in [-0.2, -0.15) is 0 Å². The number of imide groups is 1. The third-order valence-electron chi connectivity index (χ3n) is 3.00. The van der Waals surface area contributed by atoms with Crippen molar-refractivity contribution in [1.29, 1.82) is 0 Å². The molecule has 5 heteroatoms. The standard InChI is InChI=1S/C13H23N3O2/c1-3-14-13(18)16-12(17)10(2)15-9-8-11-6-4-5-7-11/h6,10,15H,3-5,7-9H2,1-2H3,(H2,14,16,17,18). The van der Waals surface area contributed by atoms with Crippen LogP contribution < -0.4 is 16.0 Å². The summed E-state index contributed by atoms with van der Waals surface area (Å²) < 4.78 is 0. The summed E-state index contributed by atoms with van der Waals surface area (Å²) in [5, 5.41) is 7.94. The van der Waals surface area contributed by atoms with Crippen LogP contribution in [0, 0.1) is 0 Å². The maximum Gasteiger partial charge on any atom is 0.321 e. The minimum absolute atomic E-state index is 0.290. The molecule has 0 heterocycles. The lowest BCUT2D eigenvalue weighted by atomic mass is 10.1. The van der Waals surface area contributed by atoms with Crippen LogP contribution in [-0.2, 0) is 4.79 Å². The van der Waals surface area contributed by atoms with Gasteiger partial charge in [-0.3, -0.25) is 10.1 Å². The molecule has 5 nitrogen and oxygen atoms in total. The van der Waals surface area contributed by atoms with Crippen molar-refractivity contribution < 1.29 is 9.59 Å². The van der Waals surface area contributed by atoms with Crippen molar-refractivity contribution in [2.24, 2.45) is 0 Å². The summed E-state index contributed by atoms with van der Waals surface area (Å²) in [6.45, 7) is 4.85. The SMILES string of the molecule is CCNC(=O)NC(=O)C(C)NCCC1=CCCC1. The van der Waals surface area contributed by atoms with Crippen LogP contribution in [0.15, 0.2) is 11.6 Å². The number of allylic oxidation sites excluding steroid dienone is 1. The van der Waals surface area contributed by atoms with Gasteiger partial charge in [0, 0.05) is 6.54 Å². The molecule has 0 radical (unpaired) electrons. The predicted molar refractivity (Wildman–Crippen MR) is 71.2 cm³/mol.